The number of fused-ring (bicyclic) bond motifs is 1. The number of nitrogens with one attached hydrogen (secondary N) is 2. The lowest BCUT2D eigenvalue weighted by Gasteiger charge is -2.21. The number of carbonyl (C=O) groups is 3. The lowest BCUT2D eigenvalue weighted by molar-refractivity contribution is -0.134. The molecule has 3 rings (SSSR count). The predicted octanol–water partition coefficient (Wildman–Crippen LogP) is 0.772. The zero-order valence-corrected chi connectivity index (χ0v) is 11.1. The van der Waals surface area contributed by atoms with Gasteiger partial charge in [-0.1, -0.05) is 0 Å². The number of hydrogen-bond donors (Lipinski definition) is 2. The second kappa shape index (κ2) is 4.77. The SMILES string of the molecule is O=C1CCC(NC(=O)c2cc3c(s2)CCC3)C(=O)N1. The highest BCUT2D eigenvalue weighted by molar-refractivity contribution is 7.14. The van der Waals surface area contributed by atoms with Crippen LogP contribution >= 0.6 is 11.3 Å². The van der Waals surface area contributed by atoms with Crippen LogP contribution in [0, 0.1) is 0 Å². The van der Waals surface area contributed by atoms with Crippen LogP contribution in [0.4, 0.5) is 0 Å². The molecular weight excluding hydrogens is 264 g/mol. The molecule has 6 heteroatoms. The summed E-state index contributed by atoms with van der Waals surface area (Å²) in [5.74, 6) is -0.895. The molecule has 0 bridgehead atoms. The summed E-state index contributed by atoms with van der Waals surface area (Å²) < 4.78 is 0. The van der Waals surface area contributed by atoms with Gasteiger partial charge in [0.25, 0.3) is 5.91 Å². The van der Waals surface area contributed by atoms with Gasteiger partial charge in [-0.25, -0.2) is 0 Å². The molecule has 100 valence electrons. The van der Waals surface area contributed by atoms with Crippen molar-refractivity contribution in [1.29, 1.82) is 0 Å². The number of imide groups is 1. The molecule has 1 atom stereocenters. The first kappa shape index (κ1) is 12.3. The van der Waals surface area contributed by atoms with Crippen molar-refractivity contribution < 1.29 is 14.4 Å². The van der Waals surface area contributed by atoms with Crippen LogP contribution in [0.25, 0.3) is 0 Å². The summed E-state index contributed by atoms with van der Waals surface area (Å²) in [6.45, 7) is 0. The Labute approximate surface area is 114 Å². The molecule has 1 aromatic heterocycles. The summed E-state index contributed by atoms with van der Waals surface area (Å²) in [4.78, 5) is 36.6. The molecule has 1 unspecified atom stereocenters. The van der Waals surface area contributed by atoms with Crippen LogP contribution in [0.5, 0.6) is 0 Å². The van der Waals surface area contributed by atoms with Gasteiger partial charge in [0.1, 0.15) is 6.04 Å². The predicted molar refractivity (Wildman–Crippen MR) is 70.0 cm³/mol. The highest BCUT2D eigenvalue weighted by atomic mass is 32.1. The van der Waals surface area contributed by atoms with E-state index < -0.39 is 11.9 Å². The van der Waals surface area contributed by atoms with E-state index in [9.17, 15) is 14.4 Å². The molecule has 2 aliphatic rings. The van der Waals surface area contributed by atoms with E-state index in [1.807, 2.05) is 6.07 Å². The van der Waals surface area contributed by atoms with Crippen LogP contribution in [0.3, 0.4) is 0 Å². The summed E-state index contributed by atoms with van der Waals surface area (Å²) in [6, 6.07) is 1.33. The fraction of sp³-hybridized carbons (Fsp3) is 0.462. The molecule has 5 nitrogen and oxygen atoms in total. The van der Waals surface area contributed by atoms with Gasteiger partial charge in [0.15, 0.2) is 0 Å². The van der Waals surface area contributed by atoms with Crippen molar-refractivity contribution in [3.05, 3.63) is 21.4 Å². The van der Waals surface area contributed by atoms with E-state index in [4.69, 9.17) is 0 Å². The lowest BCUT2D eigenvalue weighted by Crippen LogP contribution is -2.52. The molecule has 0 radical (unpaired) electrons. The highest BCUT2D eigenvalue weighted by Crippen LogP contribution is 2.30. The van der Waals surface area contributed by atoms with E-state index in [0.29, 0.717) is 11.3 Å². The van der Waals surface area contributed by atoms with Gasteiger partial charge in [-0.05, 0) is 37.3 Å². The van der Waals surface area contributed by atoms with E-state index in [-0.39, 0.29) is 18.2 Å². The Morgan fingerprint density at radius 2 is 2.16 bits per heavy atom. The van der Waals surface area contributed by atoms with E-state index >= 15 is 0 Å². The first-order valence-corrected chi connectivity index (χ1v) is 7.21. The number of aryl methyl sites for hydroxylation is 2. The first-order chi connectivity index (χ1) is 9.13. The van der Waals surface area contributed by atoms with Gasteiger partial charge < -0.3 is 5.32 Å². The molecule has 2 heterocycles. The third-order valence-corrected chi connectivity index (χ3v) is 4.75. The van der Waals surface area contributed by atoms with Crippen LogP contribution in [0.15, 0.2) is 6.07 Å². The molecule has 19 heavy (non-hydrogen) atoms. The molecule has 0 spiro atoms. The fourth-order valence-electron chi connectivity index (χ4n) is 2.50. The van der Waals surface area contributed by atoms with Gasteiger partial charge >= 0.3 is 0 Å². The van der Waals surface area contributed by atoms with Crippen LogP contribution in [-0.4, -0.2) is 23.8 Å². The number of thiophene rings is 1. The minimum absolute atomic E-state index is 0.214. The Morgan fingerprint density at radius 1 is 1.32 bits per heavy atom. The van der Waals surface area contributed by atoms with Crippen molar-refractivity contribution in [2.24, 2.45) is 0 Å². The molecule has 1 fully saturated rings. The molecule has 3 amide bonds. The van der Waals surface area contributed by atoms with E-state index in [2.05, 4.69) is 10.6 Å². The van der Waals surface area contributed by atoms with Crippen LogP contribution in [-0.2, 0) is 22.4 Å². The molecule has 2 N–H and O–H groups in total. The number of hydrogen-bond acceptors (Lipinski definition) is 4. The maximum absolute atomic E-state index is 12.1. The lowest BCUT2D eigenvalue weighted by atomic mass is 10.1. The van der Waals surface area contributed by atoms with Crippen molar-refractivity contribution in [2.45, 2.75) is 38.1 Å². The molecular formula is C13H14N2O3S. The van der Waals surface area contributed by atoms with Crippen molar-refractivity contribution in [2.75, 3.05) is 0 Å². The maximum Gasteiger partial charge on any atom is 0.262 e. The van der Waals surface area contributed by atoms with Crippen molar-refractivity contribution in [3.8, 4) is 0 Å². The standard InChI is InChI=1S/C13H14N2O3S/c16-11-5-4-8(12(17)15-11)14-13(18)10-6-7-2-1-3-9(7)19-10/h6,8H,1-5H2,(H,14,18)(H,15,16,17). The van der Waals surface area contributed by atoms with Gasteiger partial charge in [-0.15, -0.1) is 11.3 Å². The van der Waals surface area contributed by atoms with E-state index in [0.717, 1.165) is 19.3 Å². The first-order valence-electron chi connectivity index (χ1n) is 6.39. The number of carbonyl (C=O) groups excluding carboxylic acids is 3. The topological polar surface area (TPSA) is 75.3 Å². The van der Waals surface area contributed by atoms with Crippen LogP contribution in [0.2, 0.25) is 0 Å². The van der Waals surface area contributed by atoms with Crippen molar-refractivity contribution in [1.82, 2.24) is 10.6 Å². The van der Waals surface area contributed by atoms with Gasteiger partial charge in [0.2, 0.25) is 11.8 Å². The summed E-state index contributed by atoms with van der Waals surface area (Å²) in [5, 5.41) is 4.94. The van der Waals surface area contributed by atoms with Gasteiger partial charge in [-0.2, -0.15) is 0 Å². The minimum atomic E-state index is -0.595. The monoisotopic (exact) mass is 278 g/mol. The summed E-state index contributed by atoms with van der Waals surface area (Å²) >= 11 is 1.51. The average Bonchev–Trinajstić information content (AvgIpc) is 2.93. The smallest absolute Gasteiger partial charge is 0.262 e. The van der Waals surface area contributed by atoms with E-state index in [1.165, 1.54) is 21.8 Å². The number of amides is 3. The largest absolute Gasteiger partial charge is 0.340 e. The summed E-state index contributed by atoms with van der Waals surface area (Å²) in [7, 11) is 0. The third-order valence-electron chi connectivity index (χ3n) is 3.51. The molecule has 1 aliphatic heterocycles. The van der Waals surface area contributed by atoms with Crippen LogP contribution in [0.1, 0.15) is 39.4 Å². The van der Waals surface area contributed by atoms with Gasteiger partial charge in [-0.3, -0.25) is 19.7 Å². The Morgan fingerprint density at radius 3 is 2.89 bits per heavy atom. The second-order valence-corrected chi connectivity index (χ2v) is 6.03. The normalized spacial score (nSPS) is 22.0. The van der Waals surface area contributed by atoms with Crippen molar-refractivity contribution >= 4 is 29.1 Å². The Kier molecular flexibility index (Phi) is 3.10. The Bertz CT molecular complexity index is 543. The Hall–Kier alpha value is -1.69. The fourth-order valence-corrected chi connectivity index (χ4v) is 3.66. The van der Waals surface area contributed by atoms with Gasteiger partial charge in [0, 0.05) is 11.3 Å². The summed E-state index contributed by atoms with van der Waals surface area (Å²) in [5.41, 5.74) is 1.26. The Balaban J connectivity index is 1.67. The molecule has 1 aromatic rings. The zero-order chi connectivity index (χ0) is 13.4. The molecule has 0 aromatic carbocycles. The van der Waals surface area contributed by atoms with Crippen molar-refractivity contribution in [3.63, 3.8) is 0 Å². The quantitative estimate of drug-likeness (QED) is 0.785. The zero-order valence-electron chi connectivity index (χ0n) is 10.3. The number of rotatable bonds is 2. The summed E-state index contributed by atoms with van der Waals surface area (Å²) in [6.07, 6.45) is 3.90. The maximum atomic E-state index is 12.1. The molecule has 1 aliphatic carbocycles. The van der Waals surface area contributed by atoms with Crippen LogP contribution < -0.4 is 10.6 Å². The average molecular weight is 278 g/mol. The third kappa shape index (κ3) is 2.40. The highest BCUT2D eigenvalue weighted by Gasteiger charge is 2.29. The molecule has 1 saturated heterocycles. The number of piperidine rings is 1. The molecule has 0 saturated carbocycles. The second-order valence-electron chi connectivity index (χ2n) is 4.89. The van der Waals surface area contributed by atoms with E-state index in [1.54, 1.807) is 0 Å². The van der Waals surface area contributed by atoms with Gasteiger partial charge in [0.05, 0.1) is 4.88 Å². The minimum Gasteiger partial charge on any atom is -0.340 e.